The second kappa shape index (κ2) is 5.03. The van der Waals surface area contributed by atoms with E-state index in [2.05, 4.69) is 18.0 Å². The minimum Gasteiger partial charge on any atom is -0.396 e. The van der Waals surface area contributed by atoms with E-state index in [0.717, 1.165) is 10.4 Å². The molecular weight excluding hydrogens is 242 g/mol. The smallest absolute Gasteiger partial charge is 0.102 e. The monoisotopic (exact) mass is 255 g/mol. The number of hydrogen-bond acceptors (Lipinski definition) is 4. The van der Waals surface area contributed by atoms with Crippen LogP contribution >= 0.6 is 11.3 Å². The summed E-state index contributed by atoms with van der Waals surface area (Å²) < 4.78 is 0. The summed E-state index contributed by atoms with van der Waals surface area (Å²) in [5.74, 6) is 0. The van der Waals surface area contributed by atoms with Crippen LogP contribution in [0.5, 0.6) is 0 Å². The number of thiophene rings is 1. The Kier molecular flexibility index (Phi) is 3.45. The fraction of sp³-hybridized carbons (Fsp3) is 0.143. The highest BCUT2D eigenvalue weighted by Gasteiger charge is 2.11. The third-order valence-electron chi connectivity index (χ3n) is 2.78. The van der Waals surface area contributed by atoms with Crippen molar-refractivity contribution in [3.05, 3.63) is 51.5 Å². The van der Waals surface area contributed by atoms with E-state index in [-0.39, 0.29) is 0 Å². The van der Waals surface area contributed by atoms with Crippen LogP contribution in [0, 0.1) is 25.2 Å². The Hall–Kier alpha value is -2.12. The molecule has 4 heteroatoms. The molecule has 0 aliphatic rings. The van der Waals surface area contributed by atoms with E-state index in [4.69, 9.17) is 5.73 Å². The lowest BCUT2D eigenvalue weighted by molar-refractivity contribution is 1.32. The van der Waals surface area contributed by atoms with E-state index < -0.39 is 0 Å². The predicted octanol–water partition coefficient (Wildman–Crippen LogP) is 3.11. The molecule has 0 unspecified atom stereocenters. The van der Waals surface area contributed by atoms with Gasteiger partial charge in [-0.1, -0.05) is 0 Å². The summed E-state index contributed by atoms with van der Waals surface area (Å²) in [5.41, 5.74) is 9.14. The number of rotatable bonds is 2. The summed E-state index contributed by atoms with van der Waals surface area (Å²) in [4.78, 5) is 6.11. The quantitative estimate of drug-likeness (QED) is 0.839. The number of nitriles is 1. The van der Waals surface area contributed by atoms with Crippen molar-refractivity contribution in [1.82, 2.24) is 4.98 Å². The maximum atomic E-state index is 9.28. The van der Waals surface area contributed by atoms with E-state index >= 15 is 0 Å². The average Bonchev–Trinajstić information content (AvgIpc) is 2.72. The zero-order valence-corrected chi connectivity index (χ0v) is 11.1. The van der Waals surface area contributed by atoms with Crippen LogP contribution < -0.4 is 5.73 Å². The molecule has 0 amide bonds. The number of aromatic nitrogens is 1. The van der Waals surface area contributed by atoms with Crippen LogP contribution in [-0.4, -0.2) is 4.98 Å². The minimum atomic E-state index is 0.499. The van der Waals surface area contributed by atoms with Crippen molar-refractivity contribution in [2.75, 3.05) is 0 Å². The van der Waals surface area contributed by atoms with Crippen molar-refractivity contribution < 1.29 is 0 Å². The Morgan fingerprint density at radius 2 is 2.00 bits per heavy atom. The maximum absolute atomic E-state index is 9.28. The molecular formula is C14H13N3S. The van der Waals surface area contributed by atoms with Gasteiger partial charge < -0.3 is 5.73 Å². The second-order valence-corrected chi connectivity index (χ2v) is 5.24. The molecule has 0 saturated heterocycles. The average molecular weight is 255 g/mol. The first kappa shape index (κ1) is 12.3. The van der Waals surface area contributed by atoms with Crippen LogP contribution in [-0.2, 0) is 0 Å². The second-order valence-electron chi connectivity index (χ2n) is 3.99. The standard InChI is InChI=1S/C14H13N3S/c1-9-7-13(18-10(9)2)14(16)12(8-15)11-3-5-17-6-4-11/h3-7H,16H2,1-2H3/b14-12+. The first-order chi connectivity index (χ1) is 8.63. The van der Waals surface area contributed by atoms with Crippen molar-refractivity contribution in [2.24, 2.45) is 5.73 Å². The van der Waals surface area contributed by atoms with Crippen molar-refractivity contribution >= 4 is 22.6 Å². The molecule has 0 aliphatic carbocycles. The molecule has 2 heterocycles. The van der Waals surface area contributed by atoms with E-state index in [1.807, 2.05) is 13.0 Å². The lowest BCUT2D eigenvalue weighted by Gasteiger charge is -2.03. The summed E-state index contributed by atoms with van der Waals surface area (Å²) in [6.45, 7) is 4.09. The number of hydrogen-bond donors (Lipinski definition) is 1. The molecule has 0 radical (unpaired) electrons. The van der Waals surface area contributed by atoms with Crippen molar-refractivity contribution in [2.45, 2.75) is 13.8 Å². The Balaban J connectivity index is 2.55. The number of allylic oxidation sites excluding steroid dienone is 1. The molecule has 2 N–H and O–H groups in total. The highest BCUT2D eigenvalue weighted by Crippen LogP contribution is 2.29. The van der Waals surface area contributed by atoms with Gasteiger partial charge in [0.25, 0.3) is 0 Å². The van der Waals surface area contributed by atoms with E-state index in [1.54, 1.807) is 35.9 Å². The molecule has 0 fully saturated rings. The Morgan fingerprint density at radius 3 is 2.50 bits per heavy atom. The minimum absolute atomic E-state index is 0.499. The van der Waals surface area contributed by atoms with Crippen molar-refractivity contribution in [1.29, 1.82) is 5.26 Å². The summed E-state index contributed by atoms with van der Waals surface area (Å²) in [6.07, 6.45) is 3.32. The number of aryl methyl sites for hydroxylation is 2. The van der Waals surface area contributed by atoms with Crippen molar-refractivity contribution in [3.63, 3.8) is 0 Å². The van der Waals surface area contributed by atoms with Gasteiger partial charge in [-0.2, -0.15) is 5.26 Å². The van der Waals surface area contributed by atoms with Crippen LogP contribution in [0.4, 0.5) is 0 Å². The third-order valence-corrected chi connectivity index (χ3v) is 3.97. The fourth-order valence-electron chi connectivity index (χ4n) is 1.63. The van der Waals surface area contributed by atoms with Gasteiger partial charge in [0.15, 0.2) is 0 Å². The zero-order valence-electron chi connectivity index (χ0n) is 10.3. The van der Waals surface area contributed by atoms with Gasteiger partial charge in [0.05, 0.1) is 16.1 Å². The summed E-state index contributed by atoms with van der Waals surface area (Å²) >= 11 is 1.61. The molecule has 2 aromatic rings. The van der Waals surface area contributed by atoms with Crippen LogP contribution in [0.2, 0.25) is 0 Å². The van der Waals surface area contributed by atoms with Gasteiger partial charge in [0.2, 0.25) is 0 Å². The fourth-order valence-corrected chi connectivity index (χ4v) is 2.63. The molecule has 90 valence electrons. The summed E-state index contributed by atoms with van der Waals surface area (Å²) in [5, 5.41) is 9.28. The van der Waals surface area contributed by atoms with E-state index in [1.165, 1.54) is 10.4 Å². The van der Waals surface area contributed by atoms with Crippen LogP contribution in [0.3, 0.4) is 0 Å². The van der Waals surface area contributed by atoms with E-state index in [9.17, 15) is 5.26 Å². The lowest BCUT2D eigenvalue weighted by atomic mass is 10.1. The molecule has 0 aromatic carbocycles. The summed E-state index contributed by atoms with van der Waals surface area (Å²) in [7, 11) is 0. The Labute approximate surface area is 110 Å². The molecule has 2 aromatic heterocycles. The largest absolute Gasteiger partial charge is 0.396 e. The highest BCUT2D eigenvalue weighted by molar-refractivity contribution is 7.13. The Morgan fingerprint density at radius 1 is 1.33 bits per heavy atom. The molecule has 0 spiro atoms. The van der Waals surface area contributed by atoms with Crippen LogP contribution in [0.25, 0.3) is 11.3 Å². The lowest BCUT2D eigenvalue weighted by Crippen LogP contribution is -1.98. The van der Waals surface area contributed by atoms with Gasteiger partial charge in [-0.3, -0.25) is 4.98 Å². The normalized spacial score (nSPS) is 11.8. The van der Waals surface area contributed by atoms with Gasteiger partial charge in [-0.15, -0.1) is 11.3 Å². The van der Waals surface area contributed by atoms with Crippen LogP contribution in [0.15, 0.2) is 30.6 Å². The Bertz CT molecular complexity index is 613. The maximum Gasteiger partial charge on any atom is 0.102 e. The SMILES string of the molecule is Cc1cc(/C(N)=C(/C#N)c2ccncc2)sc1C. The zero-order chi connectivity index (χ0) is 13.1. The topological polar surface area (TPSA) is 62.7 Å². The molecule has 0 bridgehead atoms. The molecule has 0 aliphatic heterocycles. The van der Waals surface area contributed by atoms with Gasteiger partial charge in [-0.25, -0.2) is 0 Å². The first-order valence-corrected chi connectivity index (χ1v) is 6.32. The van der Waals surface area contributed by atoms with E-state index in [0.29, 0.717) is 11.3 Å². The highest BCUT2D eigenvalue weighted by atomic mass is 32.1. The number of pyridine rings is 1. The van der Waals surface area contributed by atoms with Gasteiger partial charge in [0.1, 0.15) is 6.07 Å². The number of nitrogens with two attached hydrogens (primary N) is 1. The molecule has 0 saturated carbocycles. The number of nitrogens with zero attached hydrogens (tertiary/aromatic N) is 2. The van der Waals surface area contributed by atoms with Gasteiger partial charge in [0, 0.05) is 17.3 Å². The van der Waals surface area contributed by atoms with Crippen LogP contribution in [0.1, 0.15) is 20.9 Å². The van der Waals surface area contributed by atoms with Gasteiger partial charge in [-0.05, 0) is 43.2 Å². The summed E-state index contributed by atoms with van der Waals surface area (Å²) in [6, 6.07) is 7.78. The van der Waals surface area contributed by atoms with Crippen molar-refractivity contribution in [3.8, 4) is 6.07 Å². The molecule has 18 heavy (non-hydrogen) atoms. The predicted molar refractivity (Wildman–Crippen MR) is 74.6 cm³/mol. The van der Waals surface area contributed by atoms with Gasteiger partial charge >= 0.3 is 0 Å². The first-order valence-electron chi connectivity index (χ1n) is 5.51. The molecule has 3 nitrogen and oxygen atoms in total. The third kappa shape index (κ3) is 2.27. The molecule has 2 rings (SSSR count). The molecule has 0 atom stereocenters.